The lowest BCUT2D eigenvalue weighted by Crippen LogP contribution is -2.41. The van der Waals surface area contributed by atoms with Crippen molar-refractivity contribution in [3.05, 3.63) is 63.2 Å². The van der Waals surface area contributed by atoms with Crippen LogP contribution >= 0.6 is 0 Å². The van der Waals surface area contributed by atoms with Crippen molar-refractivity contribution in [1.29, 1.82) is 0 Å². The summed E-state index contributed by atoms with van der Waals surface area (Å²) in [5, 5.41) is 14.0. The molecule has 0 saturated carbocycles. The molecular weight excluding hydrogens is 406 g/mol. The van der Waals surface area contributed by atoms with Crippen LogP contribution in [0.2, 0.25) is 0 Å². The van der Waals surface area contributed by atoms with Crippen molar-refractivity contribution in [2.75, 3.05) is 18.4 Å². The van der Waals surface area contributed by atoms with E-state index < -0.39 is 14.9 Å². The smallest absolute Gasteiger partial charge is 0.270 e. The van der Waals surface area contributed by atoms with Gasteiger partial charge >= 0.3 is 0 Å². The van der Waals surface area contributed by atoms with E-state index in [1.807, 2.05) is 32.0 Å². The Morgan fingerprint density at radius 1 is 1.07 bits per heavy atom. The fourth-order valence-electron chi connectivity index (χ4n) is 3.58. The van der Waals surface area contributed by atoms with E-state index in [1.54, 1.807) is 6.92 Å². The number of sulfonamides is 1. The normalized spacial score (nSPS) is 15.7. The highest BCUT2D eigenvalue weighted by molar-refractivity contribution is 7.89. The van der Waals surface area contributed by atoms with E-state index in [4.69, 9.17) is 0 Å². The number of anilines is 1. The Morgan fingerprint density at radius 3 is 2.33 bits per heavy atom. The van der Waals surface area contributed by atoms with Crippen LogP contribution in [0.4, 0.5) is 11.4 Å². The molecule has 30 heavy (non-hydrogen) atoms. The number of benzene rings is 2. The van der Waals surface area contributed by atoms with Gasteiger partial charge in [0.05, 0.1) is 9.82 Å². The monoisotopic (exact) mass is 431 g/mol. The van der Waals surface area contributed by atoms with Crippen LogP contribution in [-0.2, 0) is 14.8 Å². The zero-order chi connectivity index (χ0) is 22.1. The largest absolute Gasteiger partial charge is 0.326 e. The minimum atomic E-state index is -3.87. The number of nitro groups is 1. The molecule has 9 heteroatoms. The summed E-state index contributed by atoms with van der Waals surface area (Å²) in [6.07, 6.45) is 0.786. The molecule has 0 aromatic heterocycles. The molecule has 2 aromatic rings. The lowest BCUT2D eigenvalue weighted by Gasteiger charge is -2.31. The molecule has 160 valence electrons. The van der Waals surface area contributed by atoms with Gasteiger partial charge in [-0.2, -0.15) is 4.31 Å². The Hall–Kier alpha value is -2.78. The van der Waals surface area contributed by atoms with Crippen LogP contribution in [0.25, 0.3) is 0 Å². The van der Waals surface area contributed by atoms with Gasteiger partial charge in [0, 0.05) is 36.8 Å². The zero-order valence-corrected chi connectivity index (χ0v) is 18.0. The summed E-state index contributed by atoms with van der Waals surface area (Å²) in [7, 11) is -3.87. The fourth-order valence-corrected chi connectivity index (χ4v) is 5.30. The molecule has 0 aliphatic carbocycles. The maximum absolute atomic E-state index is 13.0. The second-order valence-corrected chi connectivity index (χ2v) is 9.60. The van der Waals surface area contributed by atoms with Gasteiger partial charge in [0.2, 0.25) is 15.9 Å². The molecule has 1 heterocycles. The summed E-state index contributed by atoms with van der Waals surface area (Å²) in [5.41, 5.74) is 2.97. The van der Waals surface area contributed by atoms with Crippen molar-refractivity contribution in [2.45, 2.75) is 38.5 Å². The number of nitrogens with zero attached hydrogens (tertiary/aromatic N) is 2. The van der Waals surface area contributed by atoms with Gasteiger partial charge in [0.25, 0.3) is 5.69 Å². The first-order chi connectivity index (χ1) is 14.1. The Bertz CT molecular complexity index is 1090. The quantitative estimate of drug-likeness (QED) is 0.575. The van der Waals surface area contributed by atoms with E-state index in [0.29, 0.717) is 18.4 Å². The Kier molecular flexibility index (Phi) is 6.23. The van der Waals surface area contributed by atoms with Gasteiger partial charge in [-0.3, -0.25) is 14.9 Å². The molecule has 1 saturated heterocycles. The van der Waals surface area contributed by atoms with Crippen molar-refractivity contribution in [3.63, 3.8) is 0 Å². The van der Waals surface area contributed by atoms with Gasteiger partial charge in [-0.25, -0.2) is 8.42 Å². The van der Waals surface area contributed by atoms with Crippen LogP contribution < -0.4 is 5.32 Å². The molecule has 1 aliphatic heterocycles. The second kappa shape index (κ2) is 8.53. The molecule has 0 bridgehead atoms. The van der Waals surface area contributed by atoms with E-state index in [0.717, 1.165) is 22.9 Å². The fraction of sp³-hybridized carbons (Fsp3) is 0.381. The third kappa shape index (κ3) is 4.52. The molecule has 1 aliphatic rings. The first-order valence-electron chi connectivity index (χ1n) is 9.73. The van der Waals surface area contributed by atoms with Crippen LogP contribution in [0.15, 0.2) is 41.3 Å². The van der Waals surface area contributed by atoms with Gasteiger partial charge in [-0.05, 0) is 56.4 Å². The van der Waals surface area contributed by atoms with Gasteiger partial charge in [-0.1, -0.05) is 18.2 Å². The number of amides is 1. The molecule has 8 nitrogen and oxygen atoms in total. The third-order valence-electron chi connectivity index (χ3n) is 5.48. The molecule has 1 N–H and O–H groups in total. The molecule has 3 rings (SSSR count). The summed E-state index contributed by atoms with van der Waals surface area (Å²) in [4.78, 5) is 23.0. The first kappa shape index (κ1) is 21.9. The number of piperidine rings is 1. The van der Waals surface area contributed by atoms with E-state index in [2.05, 4.69) is 5.32 Å². The molecule has 1 amide bonds. The van der Waals surface area contributed by atoms with Crippen molar-refractivity contribution < 1.29 is 18.1 Å². The molecule has 1 fully saturated rings. The standard InChI is InChI=1S/C21H25N3O5S/c1-14-4-5-15(2)19(12-14)22-21(25)17-8-10-23(11-9-17)30(28,29)20-13-18(24(26)27)7-6-16(20)3/h4-7,12-13,17H,8-11H2,1-3H3,(H,22,25). The third-order valence-corrected chi connectivity index (χ3v) is 7.52. The average Bonchev–Trinajstić information content (AvgIpc) is 2.70. The molecule has 0 radical (unpaired) electrons. The predicted octanol–water partition coefficient (Wildman–Crippen LogP) is 3.56. The highest BCUT2D eigenvalue weighted by Crippen LogP contribution is 2.29. The number of aryl methyl sites for hydroxylation is 3. The van der Waals surface area contributed by atoms with Gasteiger partial charge in [0.15, 0.2) is 0 Å². The number of nitro benzene ring substituents is 1. The summed E-state index contributed by atoms with van der Waals surface area (Å²) >= 11 is 0. The lowest BCUT2D eigenvalue weighted by atomic mass is 9.97. The number of non-ortho nitro benzene ring substituents is 1. The summed E-state index contributed by atoms with van der Waals surface area (Å²) in [6.45, 7) is 5.87. The SMILES string of the molecule is Cc1ccc(C)c(NC(=O)C2CCN(S(=O)(=O)c3cc([N+](=O)[O-])ccc3C)CC2)c1. The minimum Gasteiger partial charge on any atom is -0.326 e. The second-order valence-electron chi connectivity index (χ2n) is 7.69. The molecular formula is C21H25N3O5S. The zero-order valence-electron chi connectivity index (χ0n) is 17.2. The van der Waals surface area contributed by atoms with Crippen LogP contribution in [0, 0.1) is 36.8 Å². The summed E-state index contributed by atoms with van der Waals surface area (Å²) < 4.78 is 27.4. The highest BCUT2D eigenvalue weighted by atomic mass is 32.2. The Labute approximate surface area is 176 Å². The maximum Gasteiger partial charge on any atom is 0.270 e. The van der Waals surface area contributed by atoms with Crippen LogP contribution in [-0.4, -0.2) is 36.6 Å². The summed E-state index contributed by atoms with van der Waals surface area (Å²) in [5.74, 6) is -0.408. The van der Waals surface area contributed by atoms with E-state index in [1.165, 1.54) is 16.4 Å². The van der Waals surface area contributed by atoms with Crippen LogP contribution in [0.5, 0.6) is 0 Å². The van der Waals surface area contributed by atoms with E-state index in [9.17, 15) is 23.3 Å². The topological polar surface area (TPSA) is 110 Å². The number of carbonyl (C=O) groups is 1. The van der Waals surface area contributed by atoms with Crippen LogP contribution in [0.3, 0.4) is 0 Å². The maximum atomic E-state index is 13.0. The Morgan fingerprint density at radius 2 is 1.70 bits per heavy atom. The molecule has 0 unspecified atom stereocenters. The van der Waals surface area contributed by atoms with Gasteiger partial charge in [-0.15, -0.1) is 0 Å². The number of hydrogen-bond donors (Lipinski definition) is 1. The van der Waals surface area contributed by atoms with E-state index >= 15 is 0 Å². The molecule has 0 atom stereocenters. The number of nitrogens with one attached hydrogen (secondary N) is 1. The van der Waals surface area contributed by atoms with Crippen molar-refractivity contribution in [3.8, 4) is 0 Å². The predicted molar refractivity (Wildman–Crippen MR) is 114 cm³/mol. The van der Waals surface area contributed by atoms with Crippen LogP contribution in [0.1, 0.15) is 29.5 Å². The van der Waals surface area contributed by atoms with Crippen molar-refractivity contribution in [2.24, 2.45) is 5.92 Å². The lowest BCUT2D eigenvalue weighted by molar-refractivity contribution is -0.385. The van der Waals surface area contributed by atoms with Gasteiger partial charge in [0.1, 0.15) is 0 Å². The summed E-state index contributed by atoms with van der Waals surface area (Å²) in [6, 6.07) is 9.67. The highest BCUT2D eigenvalue weighted by Gasteiger charge is 2.33. The number of carbonyl (C=O) groups excluding carboxylic acids is 1. The Balaban J connectivity index is 1.70. The molecule has 2 aromatic carbocycles. The average molecular weight is 432 g/mol. The molecule has 0 spiro atoms. The minimum absolute atomic E-state index is 0.0602. The first-order valence-corrected chi connectivity index (χ1v) is 11.2. The number of rotatable bonds is 5. The number of hydrogen-bond acceptors (Lipinski definition) is 5. The van der Waals surface area contributed by atoms with Crippen molar-refractivity contribution in [1.82, 2.24) is 4.31 Å². The van der Waals surface area contributed by atoms with E-state index in [-0.39, 0.29) is 35.5 Å². The van der Waals surface area contributed by atoms with Crippen molar-refractivity contribution >= 4 is 27.3 Å². The van der Waals surface area contributed by atoms with Gasteiger partial charge < -0.3 is 5.32 Å².